The quantitative estimate of drug-likeness (QED) is 0.694. The van der Waals surface area contributed by atoms with Crippen LogP contribution < -0.4 is 0 Å². The van der Waals surface area contributed by atoms with Crippen molar-refractivity contribution in [2.24, 2.45) is 5.92 Å². The van der Waals surface area contributed by atoms with Crippen molar-refractivity contribution in [3.05, 3.63) is 11.8 Å². The minimum absolute atomic E-state index is 0.124. The van der Waals surface area contributed by atoms with E-state index in [0.717, 1.165) is 6.42 Å². The van der Waals surface area contributed by atoms with Crippen LogP contribution in [0.25, 0.3) is 0 Å². The van der Waals surface area contributed by atoms with Crippen molar-refractivity contribution in [2.75, 3.05) is 19.8 Å². The molecule has 0 spiro atoms. The van der Waals surface area contributed by atoms with E-state index in [-0.39, 0.29) is 24.1 Å². The van der Waals surface area contributed by atoms with Crippen molar-refractivity contribution < 1.29 is 23.7 Å². The average molecular weight is 242 g/mol. The molecule has 3 atom stereocenters. The Bertz CT molecular complexity index is 312. The second-order valence-electron chi connectivity index (χ2n) is 3.98. The van der Waals surface area contributed by atoms with Gasteiger partial charge in [-0.2, -0.15) is 0 Å². The zero-order valence-electron chi connectivity index (χ0n) is 10.2. The molecule has 0 amide bonds. The fraction of sp³-hybridized carbons (Fsp3) is 0.750. The molecule has 2 rings (SSSR count). The van der Waals surface area contributed by atoms with Gasteiger partial charge in [-0.1, -0.05) is 0 Å². The van der Waals surface area contributed by atoms with E-state index < -0.39 is 5.97 Å². The number of carbonyl (C=O) groups is 1. The van der Waals surface area contributed by atoms with Gasteiger partial charge in [-0.3, -0.25) is 0 Å². The third kappa shape index (κ3) is 2.61. The summed E-state index contributed by atoms with van der Waals surface area (Å²) >= 11 is 0. The van der Waals surface area contributed by atoms with E-state index in [1.807, 2.05) is 6.92 Å². The van der Waals surface area contributed by atoms with E-state index in [4.69, 9.17) is 18.9 Å². The Hall–Kier alpha value is -1.07. The van der Waals surface area contributed by atoms with Crippen LogP contribution in [0.1, 0.15) is 20.3 Å². The van der Waals surface area contributed by atoms with Crippen LogP contribution in [0.5, 0.6) is 0 Å². The summed E-state index contributed by atoms with van der Waals surface area (Å²) in [6.07, 6.45) is 2.09. The van der Waals surface area contributed by atoms with Gasteiger partial charge in [0.05, 0.1) is 25.2 Å². The van der Waals surface area contributed by atoms with Crippen molar-refractivity contribution in [3.8, 4) is 0 Å². The maximum Gasteiger partial charge on any atom is 0.373 e. The van der Waals surface area contributed by atoms with Crippen molar-refractivity contribution in [1.82, 2.24) is 0 Å². The van der Waals surface area contributed by atoms with Crippen molar-refractivity contribution in [2.45, 2.75) is 32.7 Å². The van der Waals surface area contributed by atoms with Gasteiger partial charge in [0.25, 0.3) is 0 Å². The van der Waals surface area contributed by atoms with Crippen LogP contribution in [0.3, 0.4) is 0 Å². The maximum absolute atomic E-state index is 11.6. The molecule has 0 aromatic heterocycles. The summed E-state index contributed by atoms with van der Waals surface area (Å²) < 4.78 is 21.5. The summed E-state index contributed by atoms with van der Waals surface area (Å²) in [5.41, 5.74) is 0. The molecule has 96 valence electrons. The van der Waals surface area contributed by atoms with Gasteiger partial charge in [0.15, 0.2) is 0 Å². The molecule has 0 bridgehead atoms. The first-order chi connectivity index (χ1) is 8.26. The molecule has 0 unspecified atom stereocenters. The van der Waals surface area contributed by atoms with E-state index >= 15 is 0 Å². The second kappa shape index (κ2) is 5.51. The molecule has 5 heteroatoms. The number of esters is 1. The number of hydrogen-bond acceptors (Lipinski definition) is 5. The Labute approximate surface area is 101 Å². The predicted molar refractivity (Wildman–Crippen MR) is 59.1 cm³/mol. The minimum Gasteiger partial charge on any atom is -0.460 e. The zero-order chi connectivity index (χ0) is 12.3. The molecular formula is C12H18O5. The molecule has 1 fully saturated rings. The molecule has 0 aromatic carbocycles. The maximum atomic E-state index is 11.6. The first-order valence-corrected chi connectivity index (χ1v) is 6.05. The molecule has 0 aliphatic carbocycles. The Kier molecular flexibility index (Phi) is 4.02. The van der Waals surface area contributed by atoms with Crippen molar-refractivity contribution >= 4 is 5.97 Å². The van der Waals surface area contributed by atoms with Crippen LogP contribution in [-0.4, -0.2) is 38.2 Å². The van der Waals surface area contributed by atoms with Crippen LogP contribution in [0.4, 0.5) is 0 Å². The minimum atomic E-state index is -0.453. The third-order valence-corrected chi connectivity index (χ3v) is 2.90. The van der Waals surface area contributed by atoms with E-state index in [1.165, 1.54) is 0 Å². The predicted octanol–water partition coefficient (Wildman–Crippen LogP) is 1.23. The largest absolute Gasteiger partial charge is 0.460 e. The number of carbonyl (C=O) groups excluding carboxylic acids is 1. The van der Waals surface area contributed by atoms with Gasteiger partial charge in [-0.15, -0.1) is 0 Å². The standard InChI is InChI=1S/C12H18O5/c1-3-14-9-7-10(11(13)15-4-2)17-12-8(9)5-6-16-12/h7-9,12H,3-6H2,1-2H3/t8-,9-,12+/m0/s1. The smallest absolute Gasteiger partial charge is 0.373 e. The topological polar surface area (TPSA) is 54.0 Å². The van der Waals surface area contributed by atoms with Gasteiger partial charge in [-0.25, -0.2) is 4.79 Å². The zero-order valence-corrected chi connectivity index (χ0v) is 10.2. The van der Waals surface area contributed by atoms with Gasteiger partial charge < -0.3 is 18.9 Å². The third-order valence-electron chi connectivity index (χ3n) is 2.90. The Morgan fingerprint density at radius 3 is 3.00 bits per heavy atom. The van der Waals surface area contributed by atoms with Crippen molar-refractivity contribution in [1.29, 1.82) is 0 Å². The number of ether oxygens (including phenoxy) is 4. The monoisotopic (exact) mass is 242 g/mol. The summed E-state index contributed by atoms with van der Waals surface area (Å²) in [6, 6.07) is 0. The molecule has 17 heavy (non-hydrogen) atoms. The van der Waals surface area contributed by atoms with Crippen molar-refractivity contribution in [3.63, 3.8) is 0 Å². The van der Waals surface area contributed by atoms with Crippen LogP contribution >= 0.6 is 0 Å². The second-order valence-corrected chi connectivity index (χ2v) is 3.98. The van der Waals surface area contributed by atoms with Gasteiger partial charge in [-0.05, 0) is 26.3 Å². The molecule has 0 N–H and O–H groups in total. The summed E-state index contributed by atoms with van der Waals surface area (Å²) in [5, 5.41) is 0. The Morgan fingerprint density at radius 1 is 1.47 bits per heavy atom. The molecular weight excluding hydrogens is 224 g/mol. The number of fused-ring (bicyclic) bond motifs is 1. The van der Waals surface area contributed by atoms with E-state index in [9.17, 15) is 4.79 Å². The summed E-state index contributed by atoms with van der Waals surface area (Å²) in [4.78, 5) is 11.6. The van der Waals surface area contributed by atoms with Gasteiger partial charge >= 0.3 is 5.97 Å². The molecule has 2 aliphatic heterocycles. The summed E-state index contributed by atoms with van der Waals surface area (Å²) in [6.45, 7) is 5.26. The normalized spacial score (nSPS) is 31.4. The first-order valence-electron chi connectivity index (χ1n) is 6.05. The molecule has 0 aromatic rings. The highest BCUT2D eigenvalue weighted by Gasteiger charge is 2.41. The lowest BCUT2D eigenvalue weighted by Gasteiger charge is -2.30. The molecule has 2 aliphatic rings. The highest BCUT2D eigenvalue weighted by Crippen LogP contribution is 2.33. The van der Waals surface area contributed by atoms with Gasteiger partial charge in [0.1, 0.15) is 0 Å². The van der Waals surface area contributed by atoms with E-state index in [2.05, 4.69) is 0 Å². The summed E-state index contributed by atoms with van der Waals surface area (Å²) in [5.74, 6) is -0.0762. The molecule has 0 saturated carbocycles. The molecule has 1 saturated heterocycles. The number of rotatable bonds is 4. The van der Waals surface area contributed by atoms with E-state index in [0.29, 0.717) is 19.8 Å². The molecule has 0 radical (unpaired) electrons. The lowest BCUT2D eigenvalue weighted by Crippen LogP contribution is -2.37. The van der Waals surface area contributed by atoms with Crippen LogP contribution in [-0.2, 0) is 23.7 Å². The fourth-order valence-electron chi connectivity index (χ4n) is 2.14. The van der Waals surface area contributed by atoms with Crippen LogP contribution in [0.15, 0.2) is 11.8 Å². The molecule has 2 heterocycles. The average Bonchev–Trinajstić information content (AvgIpc) is 2.78. The van der Waals surface area contributed by atoms with E-state index in [1.54, 1.807) is 13.0 Å². The summed E-state index contributed by atoms with van der Waals surface area (Å²) in [7, 11) is 0. The van der Waals surface area contributed by atoms with Gasteiger partial charge in [0.2, 0.25) is 12.0 Å². The highest BCUT2D eigenvalue weighted by molar-refractivity contribution is 5.86. The lowest BCUT2D eigenvalue weighted by molar-refractivity contribution is -0.164. The van der Waals surface area contributed by atoms with Gasteiger partial charge in [0, 0.05) is 6.61 Å². The van der Waals surface area contributed by atoms with Crippen LogP contribution in [0, 0.1) is 5.92 Å². The number of hydrogen-bond donors (Lipinski definition) is 0. The van der Waals surface area contributed by atoms with Crippen LogP contribution in [0.2, 0.25) is 0 Å². The lowest BCUT2D eigenvalue weighted by atomic mass is 9.97. The Morgan fingerprint density at radius 2 is 2.29 bits per heavy atom. The Balaban J connectivity index is 2.11. The fourth-order valence-corrected chi connectivity index (χ4v) is 2.14. The SMILES string of the molecule is CCOC(=O)C1=C[C@H](OCC)[C@@H]2CCO[C@@H]2O1. The molecule has 5 nitrogen and oxygen atoms in total. The first kappa shape index (κ1) is 12.4. The highest BCUT2D eigenvalue weighted by atomic mass is 16.7.